The molecule has 2 N–H and O–H groups in total. The Hall–Kier alpha value is -1.59. The van der Waals surface area contributed by atoms with E-state index in [1.54, 1.807) is 0 Å². The van der Waals surface area contributed by atoms with Crippen LogP contribution in [0.1, 0.15) is 0 Å². The number of aromatic nitrogens is 4. The monoisotopic (exact) mass is 291 g/mol. The quantitative estimate of drug-likeness (QED) is 0.700. The minimum absolute atomic E-state index is 0.0481. The van der Waals surface area contributed by atoms with Gasteiger partial charge in [0, 0.05) is 12.4 Å². The van der Waals surface area contributed by atoms with Crippen molar-refractivity contribution in [1.29, 1.82) is 0 Å². The van der Waals surface area contributed by atoms with Gasteiger partial charge in [0.05, 0.1) is 11.5 Å². The molecule has 11 heteroatoms. The summed E-state index contributed by atoms with van der Waals surface area (Å²) >= 11 is 0. The molecular weight excluding hydrogens is 282 g/mol. The molecule has 0 saturated heterocycles. The Bertz CT molecular complexity index is 779. The fourth-order valence-electron chi connectivity index (χ4n) is 1.28. The summed E-state index contributed by atoms with van der Waals surface area (Å²) in [5.41, 5.74) is 0.0481. The van der Waals surface area contributed by atoms with Gasteiger partial charge in [-0.05, 0) is 0 Å². The van der Waals surface area contributed by atoms with Gasteiger partial charge in [-0.25, -0.2) is 27.0 Å². The molecule has 2 heterocycles. The van der Waals surface area contributed by atoms with Crippen molar-refractivity contribution in [2.24, 2.45) is 5.14 Å². The minimum atomic E-state index is -3.88. The van der Waals surface area contributed by atoms with E-state index in [-0.39, 0.29) is 10.7 Å². The van der Waals surface area contributed by atoms with Crippen molar-refractivity contribution in [3.05, 3.63) is 18.7 Å². The number of primary sulfonamides is 1. The van der Waals surface area contributed by atoms with E-state index in [1.807, 2.05) is 0 Å². The molecule has 0 radical (unpaired) electrons. The first-order chi connectivity index (χ1) is 8.30. The molecule has 0 aliphatic rings. The second-order valence-electron chi connectivity index (χ2n) is 3.48. The van der Waals surface area contributed by atoms with Crippen molar-refractivity contribution in [1.82, 2.24) is 19.6 Å². The first-order valence-electron chi connectivity index (χ1n) is 4.67. The Labute approximate surface area is 103 Å². The van der Waals surface area contributed by atoms with E-state index in [9.17, 15) is 16.8 Å². The molecule has 0 aliphatic heterocycles. The SMILES string of the molecule is NS(=O)(=O)CCS(=O)(=O)c1nccn2cnnc12. The molecule has 0 spiro atoms. The van der Waals surface area contributed by atoms with Gasteiger partial charge >= 0.3 is 0 Å². The summed E-state index contributed by atoms with van der Waals surface area (Å²) in [6, 6.07) is 0. The fourth-order valence-corrected chi connectivity index (χ4v) is 3.92. The Balaban J connectivity index is 2.44. The van der Waals surface area contributed by atoms with Gasteiger partial charge in [-0.2, -0.15) is 0 Å². The topological polar surface area (TPSA) is 137 Å². The summed E-state index contributed by atoms with van der Waals surface area (Å²) in [6.07, 6.45) is 4.06. The minimum Gasteiger partial charge on any atom is -0.285 e. The number of hydrogen-bond acceptors (Lipinski definition) is 7. The van der Waals surface area contributed by atoms with Crippen LogP contribution in [0.4, 0.5) is 0 Å². The van der Waals surface area contributed by atoms with E-state index in [4.69, 9.17) is 5.14 Å². The molecule has 0 bridgehead atoms. The maximum Gasteiger partial charge on any atom is 0.210 e. The second-order valence-corrected chi connectivity index (χ2v) is 7.24. The largest absolute Gasteiger partial charge is 0.285 e. The number of rotatable bonds is 4. The molecular formula is C7H9N5O4S2. The standard InChI is InChI=1S/C7H9N5O4S2/c8-18(15,16)4-3-17(13,14)7-6-11-10-5-12(6)2-1-9-7/h1-2,5H,3-4H2,(H2,8,15,16). The average Bonchev–Trinajstić information content (AvgIpc) is 2.73. The van der Waals surface area contributed by atoms with E-state index >= 15 is 0 Å². The van der Waals surface area contributed by atoms with Gasteiger partial charge in [-0.15, -0.1) is 10.2 Å². The zero-order valence-corrected chi connectivity index (χ0v) is 10.6. The van der Waals surface area contributed by atoms with Crippen LogP contribution in [-0.2, 0) is 19.9 Å². The van der Waals surface area contributed by atoms with Gasteiger partial charge < -0.3 is 0 Å². The number of sulfonamides is 1. The van der Waals surface area contributed by atoms with Gasteiger partial charge in [-0.3, -0.25) is 4.40 Å². The van der Waals surface area contributed by atoms with Crippen LogP contribution in [0.15, 0.2) is 23.7 Å². The molecule has 2 aromatic heterocycles. The summed E-state index contributed by atoms with van der Waals surface area (Å²) in [7, 11) is -7.74. The van der Waals surface area contributed by atoms with Crippen molar-refractivity contribution in [2.75, 3.05) is 11.5 Å². The lowest BCUT2D eigenvalue weighted by Crippen LogP contribution is -2.24. The van der Waals surface area contributed by atoms with Gasteiger partial charge in [0.15, 0.2) is 5.65 Å². The van der Waals surface area contributed by atoms with Gasteiger partial charge in [0.25, 0.3) is 0 Å². The zero-order chi connectivity index (χ0) is 13.4. The lowest BCUT2D eigenvalue weighted by Gasteiger charge is -2.03. The number of fused-ring (bicyclic) bond motifs is 1. The highest BCUT2D eigenvalue weighted by atomic mass is 32.2. The van der Waals surface area contributed by atoms with Crippen molar-refractivity contribution < 1.29 is 16.8 Å². The lowest BCUT2D eigenvalue weighted by atomic mass is 10.7. The molecule has 18 heavy (non-hydrogen) atoms. The van der Waals surface area contributed by atoms with Crippen LogP contribution in [0.3, 0.4) is 0 Å². The summed E-state index contributed by atoms with van der Waals surface area (Å²) < 4.78 is 46.8. The summed E-state index contributed by atoms with van der Waals surface area (Å²) in [4.78, 5) is 3.70. The first-order valence-corrected chi connectivity index (χ1v) is 8.04. The molecule has 0 unspecified atom stereocenters. The molecule has 0 atom stereocenters. The number of sulfone groups is 1. The van der Waals surface area contributed by atoms with E-state index in [0.717, 1.165) is 0 Å². The summed E-state index contributed by atoms with van der Waals surface area (Å²) in [6.45, 7) is 0. The van der Waals surface area contributed by atoms with E-state index < -0.39 is 31.4 Å². The van der Waals surface area contributed by atoms with E-state index in [2.05, 4.69) is 15.2 Å². The van der Waals surface area contributed by atoms with Gasteiger partial charge in [-0.1, -0.05) is 0 Å². The molecule has 0 fully saturated rings. The molecule has 98 valence electrons. The molecule has 0 amide bonds. The van der Waals surface area contributed by atoms with Crippen molar-refractivity contribution in [3.63, 3.8) is 0 Å². The highest BCUT2D eigenvalue weighted by Crippen LogP contribution is 2.12. The Morgan fingerprint density at radius 3 is 2.61 bits per heavy atom. The Morgan fingerprint density at radius 1 is 1.22 bits per heavy atom. The Kier molecular flexibility index (Phi) is 3.04. The van der Waals surface area contributed by atoms with Crippen molar-refractivity contribution in [2.45, 2.75) is 5.03 Å². The van der Waals surface area contributed by atoms with Crippen LogP contribution in [0.2, 0.25) is 0 Å². The normalized spacial score (nSPS) is 12.9. The Morgan fingerprint density at radius 2 is 1.94 bits per heavy atom. The van der Waals surface area contributed by atoms with Crippen molar-refractivity contribution >= 4 is 25.5 Å². The predicted molar refractivity (Wildman–Crippen MR) is 60.8 cm³/mol. The van der Waals surface area contributed by atoms with Crippen LogP contribution < -0.4 is 5.14 Å². The van der Waals surface area contributed by atoms with Gasteiger partial charge in [0.2, 0.25) is 24.9 Å². The third kappa shape index (κ3) is 2.63. The molecule has 2 aromatic rings. The van der Waals surface area contributed by atoms with Crippen LogP contribution >= 0.6 is 0 Å². The number of hydrogen-bond donors (Lipinski definition) is 1. The van der Waals surface area contributed by atoms with Crippen LogP contribution in [0.25, 0.3) is 5.65 Å². The number of nitrogens with two attached hydrogens (primary N) is 1. The maximum absolute atomic E-state index is 11.9. The third-order valence-electron chi connectivity index (χ3n) is 2.11. The lowest BCUT2D eigenvalue weighted by molar-refractivity contribution is 0.586. The van der Waals surface area contributed by atoms with Crippen LogP contribution in [0.5, 0.6) is 0 Å². The van der Waals surface area contributed by atoms with Gasteiger partial charge in [0.1, 0.15) is 6.33 Å². The summed E-state index contributed by atoms with van der Waals surface area (Å²) in [5, 5.41) is 11.6. The smallest absolute Gasteiger partial charge is 0.210 e. The maximum atomic E-state index is 11.9. The molecule has 0 aromatic carbocycles. The summed E-state index contributed by atoms with van der Waals surface area (Å²) in [5.74, 6) is -1.32. The van der Waals surface area contributed by atoms with Crippen molar-refractivity contribution in [3.8, 4) is 0 Å². The van der Waals surface area contributed by atoms with E-state index in [0.29, 0.717) is 0 Å². The van der Waals surface area contributed by atoms with Crippen LogP contribution in [0, 0.1) is 0 Å². The molecule has 0 saturated carbocycles. The zero-order valence-electron chi connectivity index (χ0n) is 8.96. The second kappa shape index (κ2) is 4.26. The molecule has 0 aliphatic carbocycles. The molecule has 2 rings (SSSR count). The highest BCUT2D eigenvalue weighted by molar-refractivity contribution is 7.94. The average molecular weight is 291 g/mol. The third-order valence-corrected chi connectivity index (χ3v) is 4.76. The highest BCUT2D eigenvalue weighted by Gasteiger charge is 2.23. The number of nitrogens with zero attached hydrogens (tertiary/aromatic N) is 4. The van der Waals surface area contributed by atoms with E-state index in [1.165, 1.54) is 23.1 Å². The molecule has 9 nitrogen and oxygen atoms in total. The predicted octanol–water partition coefficient (Wildman–Crippen LogP) is -1.81. The fraction of sp³-hybridized carbons (Fsp3) is 0.286. The van der Waals surface area contributed by atoms with Crippen LogP contribution in [-0.4, -0.2) is 47.9 Å². The first kappa shape index (κ1) is 12.9.